The summed E-state index contributed by atoms with van der Waals surface area (Å²) in [5.41, 5.74) is 2.22. The number of sulfonamides is 1. The normalized spacial score (nSPS) is 15.8. The number of nitrogens with zero attached hydrogens (tertiary/aromatic N) is 2. The monoisotopic (exact) mass is 651 g/mol. The van der Waals surface area contributed by atoms with Gasteiger partial charge in [0.2, 0.25) is 10.0 Å². The maximum atomic E-state index is 13.8. The highest BCUT2D eigenvalue weighted by molar-refractivity contribution is 7.92. The lowest BCUT2D eigenvalue weighted by Gasteiger charge is -2.28. The van der Waals surface area contributed by atoms with E-state index >= 15 is 0 Å². The molecular formula is C34H45N5O6S. The van der Waals surface area contributed by atoms with Crippen LogP contribution in [0.3, 0.4) is 0 Å². The smallest absolute Gasteiger partial charge is 0.251 e. The highest BCUT2D eigenvalue weighted by Crippen LogP contribution is 2.22. The fourth-order valence-electron chi connectivity index (χ4n) is 5.21. The molecule has 3 aromatic carbocycles. The second-order valence-electron chi connectivity index (χ2n) is 11.6. The minimum absolute atomic E-state index is 0.0936. The van der Waals surface area contributed by atoms with Crippen molar-refractivity contribution in [1.82, 2.24) is 20.9 Å². The van der Waals surface area contributed by atoms with Crippen molar-refractivity contribution in [2.75, 3.05) is 63.5 Å². The molecule has 2 amide bonds. The third-order valence-corrected chi connectivity index (χ3v) is 9.30. The van der Waals surface area contributed by atoms with Crippen LogP contribution >= 0.6 is 0 Å². The van der Waals surface area contributed by atoms with E-state index in [1.165, 1.54) is 25.2 Å². The lowest BCUT2D eigenvalue weighted by Crippen LogP contribution is -2.49. The topological polar surface area (TPSA) is 140 Å². The van der Waals surface area contributed by atoms with Crippen LogP contribution in [0.5, 0.6) is 0 Å². The first-order valence-electron chi connectivity index (χ1n) is 15.5. The Labute approximate surface area is 272 Å². The van der Waals surface area contributed by atoms with Gasteiger partial charge in [0.25, 0.3) is 11.8 Å². The number of aliphatic hydroxyl groups excluding tert-OH is 1. The van der Waals surface area contributed by atoms with Gasteiger partial charge in [-0.3, -0.25) is 18.8 Å². The number of aliphatic hydroxyl groups is 1. The first kappa shape index (κ1) is 35.1. The molecule has 4 rings (SSSR count). The van der Waals surface area contributed by atoms with Gasteiger partial charge in [0, 0.05) is 50.9 Å². The number of hydrogen-bond acceptors (Lipinski definition) is 8. The van der Waals surface area contributed by atoms with Gasteiger partial charge in [-0.2, -0.15) is 0 Å². The van der Waals surface area contributed by atoms with Crippen LogP contribution in [-0.4, -0.2) is 102 Å². The molecule has 0 unspecified atom stereocenters. The Kier molecular flexibility index (Phi) is 12.7. The average molecular weight is 652 g/mol. The second kappa shape index (κ2) is 16.7. The summed E-state index contributed by atoms with van der Waals surface area (Å²) in [7, 11) is -2.33. The predicted octanol–water partition coefficient (Wildman–Crippen LogP) is 2.20. The number of benzene rings is 3. The molecule has 0 spiro atoms. The molecule has 12 heteroatoms. The molecule has 1 heterocycles. The van der Waals surface area contributed by atoms with Crippen molar-refractivity contribution < 1.29 is 27.9 Å². The third kappa shape index (κ3) is 10.4. The van der Waals surface area contributed by atoms with Gasteiger partial charge in [0.1, 0.15) is 0 Å². The highest BCUT2D eigenvalue weighted by atomic mass is 32.2. The molecule has 0 bridgehead atoms. The molecule has 3 atom stereocenters. The first-order valence-corrected chi connectivity index (χ1v) is 17.3. The molecule has 1 aliphatic rings. The van der Waals surface area contributed by atoms with Gasteiger partial charge in [-0.1, -0.05) is 60.7 Å². The van der Waals surface area contributed by atoms with E-state index < -0.39 is 34.0 Å². The predicted molar refractivity (Wildman–Crippen MR) is 180 cm³/mol. The zero-order valence-electron chi connectivity index (χ0n) is 26.7. The summed E-state index contributed by atoms with van der Waals surface area (Å²) < 4.78 is 31.3. The summed E-state index contributed by atoms with van der Waals surface area (Å²) in [6, 6.07) is 22.3. The Morgan fingerprint density at radius 1 is 0.935 bits per heavy atom. The van der Waals surface area contributed by atoms with E-state index in [9.17, 15) is 23.1 Å². The maximum Gasteiger partial charge on any atom is 0.251 e. The first-order chi connectivity index (χ1) is 22.0. The summed E-state index contributed by atoms with van der Waals surface area (Å²) in [4.78, 5) is 29.5. The molecule has 0 saturated carbocycles. The highest BCUT2D eigenvalue weighted by Gasteiger charge is 2.25. The molecular weight excluding hydrogens is 606 g/mol. The fourth-order valence-corrected chi connectivity index (χ4v) is 5.70. The minimum Gasteiger partial charge on any atom is -0.390 e. The summed E-state index contributed by atoms with van der Waals surface area (Å²) in [6.45, 7) is 6.76. The molecule has 3 aromatic rings. The van der Waals surface area contributed by atoms with Gasteiger partial charge in [-0.15, -0.1) is 0 Å². The van der Waals surface area contributed by atoms with Crippen LogP contribution in [0.1, 0.15) is 44.8 Å². The van der Waals surface area contributed by atoms with Crippen LogP contribution in [0.4, 0.5) is 5.69 Å². The lowest BCUT2D eigenvalue weighted by atomic mass is 10.00. The Morgan fingerprint density at radius 3 is 2.13 bits per heavy atom. The molecule has 0 aromatic heterocycles. The summed E-state index contributed by atoms with van der Waals surface area (Å²) in [5, 5.41) is 20.4. The fraction of sp³-hybridized carbons (Fsp3) is 0.412. The molecule has 46 heavy (non-hydrogen) atoms. The standard InChI is InChI=1S/C34H45N5O6S/c1-25(27-12-8-5-9-13-27)36-33(41)28-21-29(23-30(22-28)38(2)46(3,43)44)34(42)37-31(20-26-10-6-4-7-11-26)32(40)24-35-14-15-39-16-18-45-19-17-39/h4-13,21-23,25,31-32,35,40H,14-20,24H2,1-3H3,(H,36,41)(H,37,42)/t25-,31+,32-/m1/s1. The van der Waals surface area contributed by atoms with Crippen LogP contribution in [-0.2, 0) is 21.2 Å². The Balaban J connectivity index is 1.53. The number of amides is 2. The van der Waals surface area contributed by atoms with E-state index in [1.807, 2.05) is 67.6 Å². The molecule has 1 saturated heterocycles. The number of nitrogens with one attached hydrogen (secondary N) is 3. The molecule has 0 radical (unpaired) electrons. The van der Waals surface area contributed by atoms with Crippen molar-refractivity contribution in [1.29, 1.82) is 0 Å². The van der Waals surface area contributed by atoms with Gasteiger partial charge in [0.05, 0.1) is 43.3 Å². The van der Waals surface area contributed by atoms with E-state index in [4.69, 9.17) is 4.74 Å². The third-order valence-electron chi connectivity index (χ3n) is 8.09. The summed E-state index contributed by atoms with van der Waals surface area (Å²) in [5.74, 6) is -0.998. The zero-order valence-corrected chi connectivity index (χ0v) is 27.5. The van der Waals surface area contributed by atoms with E-state index in [-0.39, 0.29) is 29.4 Å². The van der Waals surface area contributed by atoms with Crippen LogP contribution in [0.25, 0.3) is 0 Å². The van der Waals surface area contributed by atoms with Crippen LogP contribution in [0.15, 0.2) is 78.9 Å². The van der Waals surface area contributed by atoms with E-state index in [0.717, 1.165) is 41.3 Å². The van der Waals surface area contributed by atoms with Gasteiger partial charge in [-0.25, -0.2) is 8.42 Å². The SMILES string of the molecule is C[C@@H](NC(=O)c1cc(C(=O)N[C@@H](Cc2ccccc2)[C@H](O)CNCCN2CCOCC2)cc(N(C)S(C)(=O)=O)c1)c1ccccc1. The molecule has 11 nitrogen and oxygen atoms in total. The van der Waals surface area contributed by atoms with Crippen molar-refractivity contribution in [2.45, 2.75) is 31.5 Å². The number of hydrogen-bond donors (Lipinski definition) is 4. The Bertz CT molecular complexity index is 1530. The molecule has 248 valence electrons. The molecule has 4 N–H and O–H groups in total. The van der Waals surface area contributed by atoms with E-state index in [0.29, 0.717) is 26.2 Å². The average Bonchev–Trinajstić information content (AvgIpc) is 3.06. The van der Waals surface area contributed by atoms with Gasteiger partial charge in [0.15, 0.2) is 0 Å². The lowest BCUT2D eigenvalue weighted by molar-refractivity contribution is 0.0377. The molecule has 0 aliphatic carbocycles. The number of rotatable bonds is 15. The van der Waals surface area contributed by atoms with Gasteiger partial charge < -0.3 is 25.8 Å². The Hall–Kier alpha value is -3.81. The van der Waals surface area contributed by atoms with E-state index in [2.05, 4.69) is 20.9 Å². The Morgan fingerprint density at radius 2 is 1.52 bits per heavy atom. The maximum absolute atomic E-state index is 13.8. The van der Waals surface area contributed by atoms with Crippen molar-refractivity contribution in [2.24, 2.45) is 0 Å². The number of ether oxygens (including phenoxy) is 1. The number of carbonyl (C=O) groups is 2. The zero-order chi connectivity index (χ0) is 33.1. The second-order valence-corrected chi connectivity index (χ2v) is 13.6. The van der Waals surface area contributed by atoms with Gasteiger partial charge >= 0.3 is 0 Å². The number of anilines is 1. The molecule has 1 aliphatic heterocycles. The van der Waals surface area contributed by atoms with Crippen molar-refractivity contribution in [3.63, 3.8) is 0 Å². The van der Waals surface area contributed by atoms with Gasteiger partial charge in [-0.05, 0) is 42.7 Å². The summed E-state index contributed by atoms with van der Waals surface area (Å²) >= 11 is 0. The van der Waals surface area contributed by atoms with Crippen LogP contribution < -0.4 is 20.3 Å². The quantitative estimate of drug-likeness (QED) is 0.184. The number of carbonyl (C=O) groups excluding carboxylic acids is 2. The van der Waals surface area contributed by atoms with Crippen LogP contribution in [0, 0.1) is 0 Å². The summed E-state index contributed by atoms with van der Waals surface area (Å²) in [6.07, 6.45) is 0.490. The van der Waals surface area contributed by atoms with Crippen LogP contribution in [0.2, 0.25) is 0 Å². The van der Waals surface area contributed by atoms with Crippen molar-refractivity contribution in [3.05, 3.63) is 101 Å². The largest absolute Gasteiger partial charge is 0.390 e. The van der Waals surface area contributed by atoms with E-state index in [1.54, 1.807) is 0 Å². The van der Waals surface area contributed by atoms with Crippen molar-refractivity contribution >= 4 is 27.5 Å². The van der Waals surface area contributed by atoms with Crippen molar-refractivity contribution in [3.8, 4) is 0 Å². The minimum atomic E-state index is -3.69. The number of morpholine rings is 1. The molecule has 1 fully saturated rings.